The minimum absolute atomic E-state index is 0.0428. The van der Waals surface area contributed by atoms with Crippen molar-refractivity contribution < 1.29 is 28.7 Å². The molecule has 11 rings (SSSR count). The van der Waals surface area contributed by atoms with Crippen molar-refractivity contribution in [2.24, 2.45) is 11.8 Å². The largest absolute Gasteiger partial charge is 0.378 e. The Morgan fingerprint density at radius 1 is 0.652 bits per heavy atom. The van der Waals surface area contributed by atoms with Gasteiger partial charge in [0.15, 0.2) is 0 Å². The lowest BCUT2D eigenvalue weighted by Crippen LogP contribution is -2.66. The van der Waals surface area contributed by atoms with Gasteiger partial charge in [0.2, 0.25) is 11.8 Å². The lowest BCUT2D eigenvalue weighted by Gasteiger charge is -2.65. The molecule has 372 valence electrons. The molecule has 10 heterocycles. The van der Waals surface area contributed by atoms with E-state index >= 15 is 0 Å². The minimum atomic E-state index is -0.627. The molecule has 7 atom stereocenters. The summed E-state index contributed by atoms with van der Waals surface area (Å²) in [7, 11) is 0. The van der Waals surface area contributed by atoms with Crippen LogP contribution in [0.1, 0.15) is 145 Å². The Morgan fingerprint density at radius 3 is 1.71 bits per heavy atom. The Hall–Kier alpha value is -5.20. The van der Waals surface area contributed by atoms with Crippen molar-refractivity contribution in [3.8, 4) is 11.3 Å². The van der Waals surface area contributed by atoms with Crippen molar-refractivity contribution >= 4 is 29.6 Å². The fourth-order valence-corrected chi connectivity index (χ4v) is 13.2. The zero-order valence-corrected chi connectivity index (χ0v) is 41.2. The van der Waals surface area contributed by atoms with E-state index in [0.717, 1.165) is 81.1 Å². The first-order valence-electron chi connectivity index (χ1n) is 26.1. The molecular weight excluding hydrogens is 877 g/mol. The van der Waals surface area contributed by atoms with Gasteiger partial charge in [0.05, 0.1) is 50.4 Å². The van der Waals surface area contributed by atoms with Crippen molar-refractivity contribution in [2.75, 3.05) is 83.7 Å². The number of hydrogen-bond donors (Lipinski definition) is 4. The fraction of sp³-hybridized carbons (Fsp3) is 0.686. The average Bonchev–Trinajstić information content (AvgIpc) is 4.22. The van der Waals surface area contributed by atoms with Gasteiger partial charge in [-0.25, -0.2) is 19.6 Å². The maximum absolute atomic E-state index is 14.2. The first kappa shape index (κ1) is 46.2. The Morgan fingerprint density at radius 2 is 1.17 bits per heavy atom. The lowest BCUT2D eigenvalue weighted by atomic mass is 9.68. The molecule has 7 saturated heterocycles. The highest BCUT2D eigenvalue weighted by molar-refractivity contribution is 5.89. The molecule has 3 aromatic rings. The van der Waals surface area contributed by atoms with Gasteiger partial charge in [-0.15, -0.1) is 0 Å². The topological polar surface area (TPSA) is 188 Å². The standard InChI is InChI=1S/C51H72N12O6/c1-30(2)43(56-49(66)59-18-22-68-23-19-59)47(64)61-14-6-8-37(61)45-52-28-34(54-45)32-12-16-58(17-13-32)36-11-10-33(41-39-26-51(5)27-40(42(36)41)63(39)51)35-29-53-46(55-35)38-9-7-15-62(38)48(65)44(31(3)4)57-50(67)60-20-24-69-25-21-60/h10-11,28-32,37-40,43-44H,6-9,12-27H2,1-5H3,(H,52,54)(H,53,55)(H,56,66)(H,57,67). The molecule has 0 aliphatic carbocycles. The van der Waals surface area contributed by atoms with Crippen LogP contribution in [0.4, 0.5) is 15.3 Å². The number of piperidine rings is 2. The van der Waals surface area contributed by atoms with Crippen LogP contribution in [0.5, 0.6) is 0 Å². The second-order valence-corrected chi connectivity index (χ2v) is 21.9. The predicted molar refractivity (Wildman–Crippen MR) is 258 cm³/mol. The molecular formula is C51H72N12O6. The molecule has 4 N–H and O–H groups in total. The maximum atomic E-state index is 14.2. The highest BCUT2D eigenvalue weighted by atomic mass is 16.5. The van der Waals surface area contributed by atoms with Gasteiger partial charge in [0.25, 0.3) is 0 Å². The summed E-state index contributed by atoms with van der Waals surface area (Å²) < 4.78 is 10.9. The summed E-state index contributed by atoms with van der Waals surface area (Å²) in [5.41, 5.74) is 7.87. The summed E-state index contributed by atoms with van der Waals surface area (Å²) in [6.45, 7) is 17.7. The number of carbonyl (C=O) groups excluding carboxylic acids is 4. The van der Waals surface area contributed by atoms with Gasteiger partial charge in [0, 0.05) is 99.0 Å². The number of morpholine rings is 2. The van der Waals surface area contributed by atoms with Crippen molar-refractivity contribution in [2.45, 2.75) is 134 Å². The number of imidazole rings is 2. The van der Waals surface area contributed by atoms with Gasteiger partial charge < -0.3 is 54.6 Å². The van der Waals surface area contributed by atoms with E-state index in [1.54, 1.807) is 9.80 Å². The number of rotatable bonds is 11. The number of amides is 6. The number of ether oxygens (including phenoxy) is 2. The third-order valence-electron chi connectivity index (χ3n) is 17.0. The summed E-state index contributed by atoms with van der Waals surface area (Å²) in [5.74, 6) is 1.76. The second-order valence-electron chi connectivity index (χ2n) is 21.9. The number of urea groups is 2. The Balaban J connectivity index is 0.769. The van der Waals surface area contributed by atoms with Crippen LogP contribution in [0.15, 0.2) is 24.5 Å². The van der Waals surface area contributed by atoms with E-state index in [4.69, 9.17) is 19.4 Å². The smallest absolute Gasteiger partial charge is 0.318 e. The summed E-state index contributed by atoms with van der Waals surface area (Å²) in [4.78, 5) is 84.7. The van der Waals surface area contributed by atoms with Crippen molar-refractivity contribution in [1.82, 2.24) is 55.1 Å². The van der Waals surface area contributed by atoms with E-state index in [0.29, 0.717) is 83.7 Å². The number of likely N-dealkylation sites (tertiary alicyclic amines) is 2. The van der Waals surface area contributed by atoms with Gasteiger partial charge in [-0.05, 0) is 87.3 Å². The molecule has 2 aromatic heterocycles. The molecule has 1 aromatic carbocycles. The third kappa shape index (κ3) is 8.24. The molecule has 7 unspecified atom stereocenters. The highest BCUT2D eigenvalue weighted by Gasteiger charge is 2.66. The fourth-order valence-electron chi connectivity index (χ4n) is 13.2. The van der Waals surface area contributed by atoms with Gasteiger partial charge in [0.1, 0.15) is 23.7 Å². The summed E-state index contributed by atoms with van der Waals surface area (Å²) in [6, 6.07) is 3.47. The lowest BCUT2D eigenvalue weighted by molar-refractivity contribution is -0.177. The van der Waals surface area contributed by atoms with E-state index in [2.05, 4.69) is 49.5 Å². The molecule has 69 heavy (non-hydrogen) atoms. The normalized spacial score (nSPS) is 27.8. The summed E-state index contributed by atoms with van der Waals surface area (Å²) in [5, 5.41) is 6.13. The van der Waals surface area contributed by atoms with Crippen LogP contribution in [0.2, 0.25) is 0 Å². The Kier molecular flexibility index (Phi) is 12.4. The zero-order chi connectivity index (χ0) is 47.7. The monoisotopic (exact) mass is 949 g/mol. The van der Waals surface area contributed by atoms with Gasteiger partial charge in [-0.1, -0.05) is 33.8 Å². The van der Waals surface area contributed by atoms with Crippen molar-refractivity contribution in [1.29, 1.82) is 0 Å². The van der Waals surface area contributed by atoms with E-state index in [1.807, 2.05) is 49.9 Å². The van der Waals surface area contributed by atoms with Gasteiger partial charge in [-0.2, -0.15) is 0 Å². The van der Waals surface area contributed by atoms with Gasteiger partial charge in [-0.3, -0.25) is 14.5 Å². The number of aromatic amines is 2. The molecule has 7 fully saturated rings. The van der Waals surface area contributed by atoms with Crippen molar-refractivity contribution in [3.05, 3.63) is 53.0 Å². The van der Waals surface area contributed by atoms with Crippen LogP contribution in [0, 0.1) is 11.8 Å². The molecule has 0 bridgehead atoms. The zero-order valence-electron chi connectivity index (χ0n) is 41.2. The number of carbonyl (C=O) groups is 4. The Labute approximate surface area is 405 Å². The van der Waals surface area contributed by atoms with Crippen molar-refractivity contribution in [3.63, 3.8) is 0 Å². The van der Waals surface area contributed by atoms with Crippen LogP contribution in [-0.4, -0.2) is 165 Å². The third-order valence-corrected chi connectivity index (χ3v) is 17.0. The number of H-pyrrole nitrogens is 2. The number of anilines is 1. The van der Waals surface area contributed by atoms with Crippen LogP contribution in [-0.2, 0) is 19.1 Å². The second kappa shape index (κ2) is 18.5. The molecule has 8 aliphatic rings. The predicted octanol–water partition coefficient (Wildman–Crippen LogP) is 5.61. The Bertz CT molecular complexity index is 2420. The number of aromatic nitrogens is 4. The number of nitrogens with zero attached hydrogens (tertiary/aromatic N) is 8. The van der Waals surface area contributed by atoms with Gasteiger partial charge >= 0.3 is 12.1 Å². The molecule has 0 saturated carbocycles. The molecule has 18 nitrogen and oxygen atoms in total. The number of fused-ring (bicyclic) bond motifs is 3. The van der Waals surface area contributed by atoms with Crippen LogP contribution >= 0.6 is 0 Å². The number of hydrogen-bond acceptors (Lipinski definition) is 10. The summed E-state index contributed by atoms with van der Waals surface area (Å²) in [6.07, 6.45) is 11.7. The SMILES string of the molecule is CC(C)C(NC(=O)N1CCOCC1)C(=O)N1CCCC1c1ncc(-c2ccc(N3CCC(c4cnc(C5CCCN5C(=O)C(NC(=O)N5CCOCC5)C(C)C)[nH]4)CC3)c3c2C2CC4(C)CC3N24)[nH]1. The molecule has 0 spiro atoms. The molecule has 0 radical (unpaired) electrons. The number of nitrogens with one attached hydrogen (secondary N) is 4. The maximum Gasteiger partial charge on any atom is 0.318 e. The minimum Gasteiger partial charge on any atom is -0.378 e. The average molecular weight is 949 g/mol. The molecule has 18 heteroatoms. The van der Waals surface area contributed by atoms with E-state index in [-0.39, 0.29) is 53.3 Å². The van der Waals surface area contributed by atoms with Crippen LogP contribution in [0.25, 0.3) is 11.3 Å². The number of benzene rings is 1. The van der Waals surface area contributed by atoms with E-state index < -0.39 is 12.1 Å². The first-order valence-corrected chi connectivity index (χ1v) is 26.1. The molecule has 6 amide bonds. The van der Waals surface area contributed by atoms with Crippen LogP contribution < -0.4 is 15.5 Å². The highest BCUT2D eigenvalue weighted by Crippen LogP contribution is 2.71. The first-order chi connectivity index (χ1) is 33.4. The van der Waals surface area contributed by atoms with E-state index in [9.17, 15) is 19.2 Å². The van der Waals surface area contributed by atoms with E-state index in [1.165, 1.54) is 28.8 Å². The van der Waals surface area contributed by atoms with Crippen LogP contribution in [0.3, 0.4) is 0 Å². The molecule has 8 aliphatic heterocycles. The quantitative estimate of drug-likeness (QED) is 0.188. The summed E-state index contributed by atoms with van der Waals surface area (Å²) >= 11 is 0.